The van der Waals surface area contributed by atoms with Gasteiger partial charge in [0.25, 0.3) is 0 Å². The van der Waals surface area contributed by atoms with Crippen LogP contribution in [0.3, 0.4) is 0 Å². The van der Waals surface area contributed by atoms with E-state index in [2.05, 4.69) is 39.2 Å². The van der Waals surface area contributed by atoms with Gasteiger partial charge in [-0.1, -0.05) is 0 Å². The van der Waals surface area contributed by atoms with E-state index < -0.39 is 8.32 Å². The largest absolute Gasteiger partial charge is 0.419 e. The Morgan fingerprint density at radius 2 is 1.73 bits per heavy atom. The monoisotopic (exact) mass is 175 g/mol. The van der Waals surface area contributed by atoms with Crippen LogP contribution in [-0.2, 0) is 4.43 Å². The minimum atomic E-state index is -1.40. The SMILES string of the molecule is CO[Si](C)(C)CNC(C)(C)C. The lowest BCUT2D eigenvalue weighted by Crippen LogP contribution is -2.48. The zero-order chi connectivity index (χ0) is 9.12. The molecule has 0 aromatic rings. The molecule has 0 rings (SSSR count). The van der Waals surface area contributed by atoms with Crippen molar-refractivity contribution < 1.29 is 4.43 Å². The Morgan fingerprint density at radius 1 is 1.27 bits per heavy atom. The first-order chi connectivity index (χ1) is 4.77. The highest BCUT2D eigenvalue weighted by Gasteiger charge is 2.22. The molecule has 0 saturated carbocycles. The van der Waals surface area contributed by atoms with Crippen LogP contribution in [0.5, 0.6) is 0 Å². The maximum Gasteiger partial charge on any atom is 0.199 e. The van der Waals surface area contributed by atoms with E-state index in [1.165, 1.54) is 0 Å². The molecule has 0 aromatic heterocycles. The van der Waals surface area contributed by atoms with Crippen molar-refractivity contribution in [1.82, 2.24) is 5.32 Å². The standard InChI is InChI=1S/C8H21NOSi/c1-8(2,3)9-7-11(5,6)10-4/h9H,7H2,1-6H3. The van der Waals surface area contributed by atoms with Gasteiger partial charge in [0.1, 0.15) is 0 Å². The molecule has 0 aliphatic rings. The average Bonchev–Trinajstić information content (AvgIpc) is 1.83. The maximum absolute atomic E-state index is 5.41. The molecule has 11 heavy (non-hydrogen) atoms. The summed E-state index contributed by atoms with van der Waals surface area (Å²) in [6.45, 7) is 10.9. The third kappa shape index (κ3) is 6.53. The Kier molecular flexibility index (Phi) is 3.74. The first kappa shape index (κ1) is 11.1. The van der Waals surface area contributed by atoms with Crippen LogP contribution in [0.15, 0.2) is 0 Å². The minimum Gasteiger partial charge on any atom is -0.419 e. The number of hydrogen-bond donors (Lipinski definition) is 1. The Balaban J connectivity index is 3.70. The zero-order valence-corrected chi connectivity index (χ0v) is 9.62. The average molecular weight is 175 g/mol. The molecule has 0 saturated heterocycles. The van der Waals surface area contributed by atoms with E-state index in [1.807, 2.05) is 0 Å². The summed E-state index contributed by atoms with van der Waals surface area (Å²) in [5.41, 5.74) is 0.211. The first-order valence-corrected chi connectivity index (χ1v) is 7.18. The predicted octanol–water partition coefficient (Wildman–Crippen LogP) is 1.77. The Labute approximate surface area is 71.5 Å². The van der Waals surface area contributed by atoms with Crippen molar-refractivity contribution in [2.24, 2.45) is 0 Å². The third-order valence-electron chi connectivity index (χ3n) is 1.60. The van der Waals surface area contributed by atoms with Gasteiger partial charge >= 0.3 is 0 Å². The van der Waals surface area contributed by atoms with Gasteiger partial charge in [0.15, 0.2) is 8.32 Å². The topological polar surface area (TPSA) is 21.3 Å². The number of nitrogens with one attached hydrogen (secondary N) is 1. The van der Waals surface area contributed by atoms with Crippen LogP contribution in [-0.4, -0.2) is 27.1 Å². The van der Waals surface area contributed by atoms with Crippen LogP contribution in [0, 0.1) is 0 Å². The van der Waals surface area contributed by atoms with Gasteiger partial charge in [-0.25, -0.2) is 0 Å². The molecule has 0 amide bonds. The van der Waals surface area contributed by atoms with Crippen molar-refractivity contribution in [3.63, 3.8) is 0 Å². The lowest BCUT2D eigenvalue weighted by atomic mass is 10.1. The fourth-order valence-electron chi connectivity index (χ4n) is 0.550. The molecule has 1 N–H and O–H groups in total. The molecule has 2 nitrogen and oxygen atoms in total. The lowest BCUT2D eigenvalue weighted by molar-refractivity contribution is 0.380. The molecule has 0 radical (unpaired) electrons. The van der Waals surface area contributed by atoms with E-state index in [4.69, 9.17) is 4.43 Å². The molecular formula is C8H21NOSi. The molecule has 0 spiro atoms. The number of rotatable bonds is 3. The van der Waals surface area contributed by atoms with E-state index in [9.17, 15) is 0 Å². The summed E-state index contributed by atoms with van der Waals surface area (Å²) in [5, 5.41) is 3.45. The van der Waals surface area contributed by atoms with Crippen LogP contribution in [0.1, 0.15) is 20.8 Å². The summed E-state index contributed by atoms with van der Waals surface area (Å²) in [4.78, 5) is 0. The molecule has 0 unspecified atom stereocenters. The van der Waals surface area contributed by atoms with Crippen LogP contribution in [0.25, 0.3) is 0 Å². The van der Waals surface area contributed by atoms with Crippen LogP contribution in [0.2, 0.25) is 13.1 Å². The molecule has 0 heterocycles. The van der Waals surface area contributed by atoms with Crippen LogP contribution in [0.4, 0.5) is 0 Å². The predicted molar refractivity (Wildman–Crippen MR) is 52.2 cm³/mol. The summed E-state index contributed by atoms with van der Waals surface area (Å²) in [7, 11) is 0.404. The highest BCUT2D eigenvalue weighted by molar-refractivity contribution is 6.71. The summed E-state index contributed by atoms with van der Waals surface area (Å²) >= 11 is 0. The summed E-state index contributed by atoms with van der Waals surface area (Å²) in [5.74, 6) is 0. The smallest absolute Gasteiger partial charge is 0.199 e. The second kappa shape index (κ2) is 3.69. The van der Waals surface area contributed by atoms with Gasteiger partial charge in [-0.05, 0) is 33.9 Å². The highest BCUT2D eigenvalue weighted by Crippen LogP contribution is 2.04. The minimum absolute atomic E-state index is 0.211. The fourth-order valence-corrected chi connectivity index (χ4v) is 1.65. The van der Waals surface area contributed by atoms with Gasteiger partial charge in [-0.15, -0.1) is 0 Å². The van der Waals surface area contributed by atoms with Gasteiger partial charge in [0.2, 0.25) is 0 Å². The van der Waals surface area contributed by atoms with E-state index in [1.54, 1.807) is 7.11 Å². The lowest BCUT2D eigenvalue weighted by Gasteiger charge is -2.27. The van der Waals surface area contributed by atoms with Gasteiger partial charge in [-0.3, -0.25) is 0 Å². The summed E-state index contributed by atoms with van der Waals surface area (Å²) in [6.07, 6.45) is 1.02. The molecule has 0 atom stereocenters. The van der Waals surface area contributed by atoms with Crippen molar-refractivity contribution in [3.8, 4) is 0 Å². The second-order valence-electron chi connectivity index (χ2n) is 4.57. The first-order valence-electron chi connectivity index (χ1n) is 4.07. The maximum atomic E-state index is 5.41. The molecule has 0 aliphatic carbocycles. The molecule has 0 bridgehead atoms. The van der Waals surface area contributed by atoms with Crippen LogP contribution < -0.4 is 5.32 Å². The van der Waals surface area contributed by atoms with Gasteiger partial charge < -0.3 is 9.74 Å². The van der Waals surface area contributed by atoms with E-state index in [-0.39, 0.29) is 5.54 Å². The summed E-state index contributed by atoms with van der Waals surface area (Å²) in [6, 6.07) is 0. The zero-order valence-electron chi connectivity index (χ0n) is 8.62. The normalized spacial score (nSPS) is 13.6. The fraction of sp³-hybridized carbons (Fsp3) is 1.00. The van der Waals surface area contributed by atoms with E-state index >= 15 is 0 Å². The molecule has 0 aromatic carbocycles. The number of hydrogen-bond acceptors (Lipinski definition) is 2. The van der Waals surface area contributed by atoms with Gasteiger partial charge in [0.05, 0.1) is 0 Å². The highest BCUT2D eigenvalue weighted by atomic mass is 28.4. The van der Waals surface area contributed by atoms with Gasteiger partial charge in [-0.2, -0.15) is 0 Å². The third-order valence-corrected chi connectivity index (χ3v) is 3.73. The Hall–Kier alpha value is 0.137. The quantitative estimate of drug-likeness (QED) is 0.660. The molecular weight excluding hydrogens is 154 g/mol. The van der Waals surface area contributed by atoms with Crippen molar-refractivity contribution in [2.45, 2.75) is 39.4 Å². The van der Waals surface area contributed by atoms with Crippen LogP contribution >= 0.6 is 0 Å². The molecule has 0 aliphatic heterocycles. The Bertz CT molecular complexity index is 118. The van der Waals surface area contributed by atoms with Crippen molar-refractivity contribution in [3.05, 3.63) is 0 Å². The molecule has 68 valence electrons. The summed E-state index contributed by atoms with van der Waals surface area (Å²) < 4.78 is 5.41. The molecule has 3 heteroatoms. The van der Waals surface area contributed by atoms with Crippen molar-refractivity contribution in [2.75, 3.05) is 13.3 Å². The van der Waals surface area contributed by atoms with E-state index in [0.717, 1.165) is 6.17 Å². The second-order valence-corrected chi connectivity index (χ2v) is 8.85. The van der Waals surface area contributed by atoms with Crippen molar-refractivity contribution >= 4 is 8.32 Å². The Morgan fingerprint density at radius 3 is 2.00 bits per heavy atom. The molecule has 0 fully saturated rings. The van der Waals surface area contributed by atoms with Crippen molar-refractivity contribution in [1.29, 1.82) is 0 Å². The van der Waals surface area contributed by atoms with Gasteiger partial charge in [0, 0.05) is 18.8 Å². The van der Waals surface area contributed by atoms with E-state index in [0.29, 0.717) is 0 Å².